The second kappa shape index (κ2) is 11.3. The molecule has 0 bridgehead atoms. The van der Waals surface area contributed by atoms with Gasteiger partial charge in [-0.25, -0.2) is 4.98 Å². The SMILES string of the molecule is Cn1c(-c2ccccc2)nc2cc(-c3ccc4c(-c5ccc6ccccc6c5)c5ccccc5c(-c5ccc6ccccc6c5)c4c3)ccc21. The van der Waals surface area contributed by atoms with Crippen LogP contribution >= 0.6 is 0 Å². The van der Waals surface area contributed by atoms with Crippen molar-refractivity contribution < 1.29 is 0 Å². The molecule has 9 aromatic carbocycles. The van der Waals surface area contributed by atoms with Crippen LogP contribution in [-0.4, -0.2) is 9.55 Å². The van der Waals surface area contributed by atoms with E-state index in [9.17, 15) is 0 Å². The Morgan fingerprint density at radius 3 is 1.52 bits per heavy atom. The minimum Gasteiger partial charge on any atom is -0.327 e. The Labute approximate surface area is 290 Å². The van der Waals surface area contributed by atoms with Crippen LogP contribution in [0.3, 0.4) is 0 Å². The maximum absolute atomic E-state index is 5.11. The van der Waals surface area contributed by atoms with Gasteiger partial charge >= 0.3 is 0 Å². The summed E-state index contributed by atoms with van der Waals surface area (Å²) in [7, 11) is 2.10. The van der Waals surface area contributed by atoms with Gasteiger partial charge in [0.05, 0.1) is 11.0 Å². The van der Waals surface area contributed by atoms with Crippen LogP contribution in [0.1, 0.15) is 0 Å². The third kappa shape index (κ3) is 4.53. The minimum atomic E-state index is 0.973. The maximum Gasteiger partial charge on any atom is 0.140 e. The van der Waals surface area contributed by atoms with E-state index in [1.165, 1.54) is 70.9 Å². The lowest BCUT2D eigenvalue weighted by molar-refractivity contribution is 0.959. The highest BCUT2D eigenvalue weighted by atomic mass is 15.1. The number of benzene rings is 9. The Morgan fingerprint density at radius 2 is 0.860 bits per heavy atom. The highest BCUT2D eigenvalue weighted by Crippen LogP contribution is 2.46. The molecule has 0 fully saturated rings. The molecular formula is C48H32N2. The molecule has 0 saturated heterocycles. The number of hydrogen-bond donors (Lipinski definition) is 0. The molecule has 50 heavy (non-hydrogen) atoms. The Morgan fingerprint density at radius 1 is 0.360 bits per heavy atom. The number of aryl methyl sites for hydroxylation is 1. The van der Waals surface area contributed by atoms with Gasteiger partial charge in [0.2, 0.25) is 0 Å². The van der Waals surface area contributed by atoms with E-state index in [2.05, 4.69) is 181 Å². The fourth-order valence-electron chi connectivity index (χ4n) is 7.89. The summed E-state index contributed by atoms with van der Waals surface area (Å²) < 4.78 is 2.19. The summed E-state index contributed by atoms with van der Waals surface area (Å²) in [6.45, 7) is 0. The van der Waals surface area contributed by atoms with Crippen LogP contribution in [0, 0.1) is 0 Å². The molecule has 1 aromatic heterocycles. The predicted octanol–water partition coefficient (Wildman–Crippen LogP) is 12.9. The van der Waals surface area contributed by atoms with Crippen molar-refractivity contribution >= 4 is 54.1 Å². The van der Waals surface area contributed by atoms with Gasteiger partial charge in [-0.05, 0) is 107 Å². The number of imidazole rings is 1. The zero-order valence-electron chi connectivity index (χ0n) is 27.6. The molecule has 0 N–H and O–H groups in total. The van der Waals surface area contributed by atoms with Crippen LogP contribution in [0.4, 0.5) is 0 Å². The third-order valence-electron chi connectivity index (χ3n) is 10.3. The molecule has 0 atom stereocenters. The van der Waals surface area contributed by atoms with E-state index < -0.39 is 0 Å². The van der Waals surface area contributed by atoms with Crippen LogP contribution < -0.4 is 0 Å². The summed E-state index contributed by atoms with van der Waals surface area (Å²) >= 11 is 0. The van der Waals surface area contributed by atoms with Gasteiger partial charge < -0.3 is 4.57 Å². The number of rotatable bonds is 4. The van der Waals surface area contributed by atoms with Crippen molar-refractivity contribution in [3.8, 4) is 44.8 Å². The molecule has 10 rings (SSSR count). The standard InChI is InChI=1S/C48H32N2/c1-50-45-26-24-37(30-44(45)49-48(50)33-13-3-2-4-14-33)36-23-25-42-43(29-36)47(39-22-20-32-12-6-8-16-35(32)28-39)41-18-10-9-17-40(41)46(42)38-21-19-31-11-5-7-15-34(31)27-38/h2-30H,1H3. The van der Waals surface area contributed by atoms with Crippen molar-refractivity contribution in [1.29, 1.82) is 0 Å². The van der Waals surface area contributed by atoms with Crippen LogP contribution in [0.2, 0.25) is 0 Å². The molecule has 0 radical (unpaired) electrons. The largest absolute Gasteiger partial charge is 0.327 e. The molecule has 0 aliphatic carbocycles. The smallest absolute Gasteiger partial charge is 0.140 e. The van der Waals surface area contributed by atoms with E-state index in [1.54, 1.807) is 0 Å². The van der Waals surface area contributed by atoms with Crippen molar-refractivity contribution in [3.05, 3.63) is 176 Å². The molecule has 0 spiro atoms. The second-order valence-electron chi connectivity index (χ2n) is 13.2. The van der Waals surface area contributed by atoms with Crippen molar-refractivity contribution in [2.45, 2.75) is 0 Å². The fraction of sp³-hybridized carbons (Fsp3) is 0.0208. The first-order valence-electron chi connectivity index (χ1n) is 17.2. The molecule has 0 unspecified atom stereocenters. The lowest BCUT2D eigenvalue weighted by atomic mass is 9.84. The summed E-state index contributed by atoms with van der Waals surface area (Å²) in [6.07, 6.45) is 0. The highest BCUT2D eigenvalue weighted by molar-refractivity contribution is 6.22. The first kappa shape index (κ1) is 28.5. The van der Waals surface area contributed by atoms with Crippen molar-refractivity contribution in [2.75, 3.05) is 0 Å². The van der Waals surface area contributed by atoms with E-state index in [4.69, 9.17) is 4.98 Å². The molecule has 2 heteroatoms. The monoisotopic (exact) mass is 636 g/mol. The second-order valence-corrected chi connectivity index (χ2v) is 13.2. The zero-order valence-corrected chi connectivity index (χ0v) is 27.6. The molecule has 10 aromatic rings. The third-order valence-corrected chi connectivity index (χ3v) is 10.3. The fourth-order valence-corrected chi connectivity index (χ4v) is 7.89. The van der Waals surface area contributed by atoms with Gasteiger partial charge in [0.1, 0.15) is 5.82 Å². The molecule has 0 saturated carbocycles. The maximum atomic E-state index is 5.11. The predicted molar refractivity (Wildman–Crippen MR) is 212 cm³/mol. The van der Waals surface area contributed by atoms with E-state index in [0.29, 0.717) is 0 Å². The molecule has 1 heterocycles. The molecule has 2 nitrogen and oxygen atoms in total. The first-order chi connectivity index (χ1) is 24.7. The number of nitrogens with zero attached hydrogens (tertiary/aromatic N) is 2. The lowest BCUT2D eigenvalue weighted by Gasteiger charge is -2.19. The van der Waals surface area contributed by atoms with Gasteiger partial charge in [0, 0.05) is 12.6 Å². The molecule has 0 aliphatic heterocycles. The number of hydrogen-bond acceptors (Lipinski definition) is 1. The van der Waals surface area contributed by atoms with Gasteiger partial charge in [-0.15, -0.1) is 0 Å². The molecule has 234 valence electrons. The average molecular weight is 637 g/mol. The lowest BCUT2D eigenvalue weighted by Crippen LogP contribution is -1.92. The Bertz CT molecular complexity index is 2930. The van der Waals surface area contributed by atoms with Crippen LogP contribution in [0.5, 0.6) is 0 Å². The Hall–Kier alpha value is -6.51. The zero-order chi connectivity index (χ0) is 33.2. The average Bonchev–Trinajstić information content (AvgIpc) is 3.51. The van der Waals surface area contributed by atoms with E-state index in [0.717, 1.165) is 28.0 Å². The van der Waals surface area contributed by atoms with Gasteiger partial charge in [-0.1, -0.05) is 146 Å². The summed E-state index contributed by atoms with van der Waals surface area (Å²) in [5.41, 5.74) is 10.5. The number of fused-ring (bicyclic) bond motifs is 5. The van der Waals surface area contributed by atoms with Crippen molar-refractivity contribution in [3.63, 3.8) is 0 Å². The van der Waals surface area contributed by atoms with Gasteiger partial charge in [-0.3, -0.25) is 0 Å². The summed E-state index contributed by atoms with van der Waals surface area (Å²) in [5.74, 6) is 0.973. The minimum absolute atomic E-state index is 0.973. The summed E-state index contributed by atoms with van der Waals surface area (Å²) in [6, 6.07) is 64.1. The van der Waals surface area contributed by atoms with Crippen LogP contribution in [-0.2, 0) is 7.05 Å². The van der Waals surface area contributed by atoms with Gasteiger partial charge in [0.15, 0.2) is 0 Å². The van der Waals surface area contributed by atoms with Crippen LogP contribution in [0.25, 0.3) is 98.9 Å². The molecule has 0 amide bonds. The highest BCUT2D eigenvalue weighted by Gasteiger charge is 2.19. The quantitative estimate of drug-likeness (QED) is 0.176. The van der Waals surface area contributed by atoms with E-state index in [1.807, 2.05) is 6.07 Å². The van der Waals surface area contributed by atoms with Crippen molar-refractivity contribution in [2.24, 2.45) is 7.05 Å². The van der Waals surface area contributed by atoms with Crippen molar-refractivity contribution in [1.82, 2.24) is 9.55 Å². The Balaban J connectivity index is 1.25. The van der Waals surface area contributed by atoms with Crippen LogP contribution in [0.15, 0.2) is 176 Å². The van der Waals surface area contributed by atoms with E-state index in [-0.39, 0.29) is 0 Å². The normalized spacial score (nSPS) is 11.7. The summed E-state index contributed by atoms with van der Waals surface area (Å²) in [5, 5.41) is 9.99. The molecule has 0 aliphatic rings. The van der Waals surface area contributed by atoms with Gasteiger partial charge in [-0.2, -0.15) is 0 Å². The number of aromatic nitrogens is 2. The topological polar surface area (TPSA) is 17.8 Å². The van der Waals surface area contributed by atoms with E-state index >= 15 is 0 Å². The Kier molecular flexibility index (Phi) is 6.43. The van der Waals surface area contributed by atoms with Gasteiger partial charge in [0.25, 0.3) is 0 Å². The molecular weight excluding hydrogens is 605 g/mol. The first-order valence-corrected chi connectivity index (χ1v) is 17.2. The summed E-state index contributed by atoms with van der Waals surface area (Å²) in [4.78, 5) is 5.11.